The molecule has 0 spiro atoms. The van der Waals surface area contributed by atoms with Crippen LogP contribution >= 0.6 is 11.8 Å². The van der Waals surface area contributed by atoms with Crippen LogP contribution in [0.25, 0.3) is 0 Å². The first kappa shape index (κ1) is 16.5. The van der Waals surface area contributed by atoms with Crippen molar-refractivity contribution in [3.63, 3.8) is 0 Å². The highest BCUT2D eigenvalue weighted by Crippen LogP contribution is 2.18. The zero-order valence-corrected chi connectivity index (χ0v) is 14.1. The molecule has 6 nitrogen and oxygen atoms in total. The molecule has 22 heavy (non-hydrogen) atoms. The highest BCUT2D eigenvalue weighted by atomic mass is 32.2. The van der Waals surface area contributed by atoms with Crippen molar-refractivity contribution in [1.82, 2.24) is 20.0 Å². The summed E-state index contributed by atoms with van der Waals surface area (Å²) in [4.78, 5) is 22.6. The average molecular weight is 320 g/mol. The molecular weight excluding hydrogens is 300 g/mol. The summed E-state index contributed by atoms with van der Waals surface area (Å²) < 4.78 is 5.19. The third-order valence-electron chi connectivity index (χ3n) is 3.01. The molecule has 0 unspecified atom stereocenters. The Morgan fingerprint density at radius 3 is 2.91 bits per heavy atom. The molecule has 0 saturated heterocycles. The molecular formula is C15H20N4O2S. The number of aromatic nitrogens is 3. The van der Waals surface area contributed by atoms with Crippen LogP contribution in [0.1, 0.15) is 35.9 Å². The van der Waals surface area contributed by atoms with Gasteiger partial charge in [0.15, 0.2) is 5.82 Å². The van der Waals surface area contributed by atoms with E-state index in [0.29, 0.717) is 34.8 Å². The van der Waals surface area contributed by atoms with Crippen LogP contribution < -0.4 is 0 Å². The summed E-state index contributed by atoms with van der Waals surface area (Å²) >= 11 is 1.45. The second-order valence-electron chi connectivity index (χ2n) is 5.42. The van der Waals surface area contributed by atoms with Crippen LogP contribution in [-0.4, -0.2) is 39.2 Å². The number of hydrogen-bond donors (Lipinski definition) is 0. The molecule has 0 aromatic carbocycles. The van der Waals surface area contributed by atoms with Gasteiger partial charge < -0.3 is 9.42 Å². The molecule has 2 aromatic rings. The van der Waals surface area contributed by atoms with E-state index in [9.17, 15) is 4.79 Å². The molecule has 7 heteroatoms. The number of carbonyl (C=O) groups excluding carboxylic acids is 1. The molecule has 2 aromatic heterocycles. The molecule has 0 aliphatic heterocycles. The van der Waals surface area contributed by atoms with Crippen LogP contribution in [0.5, 0.6) is 0 Å². The number of thioether (sulfide) groups is 1. The van der Waals surface area contributed by atoms with E-state index in [1.54, 1.807) is 30.3 Å². The lowest BCUT2D eigenvalue weighted by molar-refractivity contribution is 0.0776. The van der Waals surface area contributed by atoms with Crippen LogP contribution in [-0.2, 0) is 13.0 Å². The zero-order chi connectivity index (χ0) is 16.1. The van der Waals surface area contributed by atoms with E-state index in [1.807, 2.05) is 6.26 Å². The van der Waals surface area contributed by atoms with Gasteiger partial charge in [-0.1, -0.05) is 19.0 Å². The van der Waals surface area contributed by atoms with Gasteiger partial charge in [-0.25, -0.2) is 4.98 Å². The summed E-state index contributed by atoms with van der Waals surface area (Å²) in [5.74, 6) is 1.47. The van der Waals surface area contributed by atoms with Crippen LogP contribution in [0.15, 0.2) is 27.9 Å². The van der Waals surface area contributed by atoms with E-state index in [0.717, 1.165) is 6.42 Å². The van der Waals surface area contributed by atoms with Gasteiger partial charge in [0.1, 0.15) is 5.03 Å². The van der Waals surface area contributed by atoms with Gasteiger partial charge in [-0.2, -0.15) is 4.98 Å². The van der Waals surface area contributed by atoms with Gasteiger partial charge in [-0.05, 0) is 24.3 Å². The topological polar surface area (TPSA) is 72.1 Å². The SMILES string of the molecule is CSc1ncccc1C(=O)N(C)Cc1noc(CC(C)C)n1. The molecule has 0 aliphatic rings. The van der Waals surface area contributed by atoms with Crippen molar-refractivity contribution in [2.75, 3.05) is 13.3 Å². The Morgan fingerprint density at radius 1 is 1.45 bits per heavy atom. The quantitative estimate of drug-likeness (QED) is 0.762. The second kappa shape index (κ2) is 7.40. The second-order valence-corrected chi connectivity index (χ2v) is 6.22. The third kappa shape index (κ3) is 4.07. The molecule has 118 valence electrons. The van der Waals surface area contributed by atoms with Crippen LogP contribution in [0.4, 0.5) is 0 Å². The maximum Gasteiger partial charge on any atom is 0.256 e. The van der Waals surface area contributed by atoms with Crippen molar-refractivity contribution in [2.24, 2.45) is 5.92 Å². The summed E-state index contributed by atoms with van der Waals surface area (Å²) in [5, 5.41) is 4.64. The van der Waals surface area contributed by atoms with Crippen molar-refractivity contribution in [1.29, 1.82) is 0 Å². The largest absolute Gasteiger partial charge is 0.339 e. The van der Waals surface area contributed by atoms with Crippen LogP contribution in [0.2, 0.25) is 0 Å². The van der Waals surface area contributed by atoms with Gasteiger partial charge in [0, 0.05) is 19.7 Å². The Hall–Kier alpha value is -1.89. The van der Waals surface area contributed by atoms with E-state index < -0.39 is 0 Å². The van der Waals surface area contributed by atoms with Gasteiger partial charge in [-0.15, -0.1) is 11.8 Å². The molecule has 0 N–H and O–H groups in total. The molecule has 1 amide bonds. The van der Waals surface area contributed by atoms with Crippen molar-refractivity contribution < 1.29 is 9.32 Å². The minimum Gasteiger partial charge on any atom is -0.339 e. The van der Waals surface area contributed by atoms with Crippen molar-refractivity contribution in [2.45, 2.75) is 31.8 Å². The first-order valence-electron chi connectivity index (χ1n) is 7.07. The summed E-state index contributed by atoms with van der Waals surface area (Å²) in [7, 11) is 1.72. The Bertz CT molecular complexity index is 642. The minimum atomic E-state index is -0.104. The molecule has 2 rings (SSSR count). The summed E-state index contributed by atoms with van der Waals surface area (Å²) in [6.07, 6.45) is 4.32. The van der Waals surface area contributed by atoms with E-state index in [2.05, 4.69) is 29.0 Å². The zero-order valence-electron chi connectivity index (χ0n) is 13.2. The lowest BCUT2D eigenvalue weighted by atomic mass is 10.1. The number of hydrogen-bond acceptors (Lipinski definition) is 6. The predicted octanol–water partition coefficient (Wildman–Crippen LogP) is 2.66. The van der Waals surface area contributed by atoms with Gasteiger partial charge in [0.25, 0.3) is 5.91 Å². The Labute approximate surface area is 134 Å². The van der Waals surface area contributed by atoms with Crippen LogP contribution in [0, 0.1) is 5.92 Å². The normalized spacial score (nSPS) is 11.0. The first-order valence-corrected chi connectivity index (χ1v) is 8.29. The molecule has 2 heterocycles. The number of amides is 1. The Balaban J connectivity index is 2.06. The molecule has 0 aliphatic carbocycles. The summed E-state index contributed by atoms with van der Waals surface area (Å²) in [6, 6.07) is 3.54. The van der Waals surface area contributed by atoms with E-state index in [-0.39, 0.29) is 5.91 Å². The fraction of sp³-hybridized carbons (Fsp3) is 0.467. The lowest BCUT2D eigenvalue weighted by Gasteiger charge is -2.16. The summed E-state index contributed by atoms with van der Waals surface area (Å²) in [5.41, 5.74) is 0.586. The van der Waals surface area contributed by atoms with E-state index >= 15 is 0 Å². The molecule has 0 bridgehead atoms. The Morgan fingerprint density at radius 2 is 2.23 bits per heavy atom. The van der Waals surface area contributed by atoms with Gasteiger partial charge in [0.05, 0.1) is 12.1 Å². The average Bonchev–Trinajstić information content (AvgIpc) is 2.92. The highest BCUT2D eigenvalue weighted by molar-refractivity contribution is 7.98. The molecule has 0 atom stereocenters. The van der Waals surface area contributed by atoms with Crippen molar-refractivity contribution >= 4 is 17.7 Å². The van der Waals surface area contributed by atoms with E-state index in [4.69, 9.17) is 4.52 Å². The Kier molecular flexibility index (Phi) is 5.54. The molecule has 0 radical (unpaired) electrons. The number of pyridine rings is 1. The fourth-order valence-electron chi connectivity index (χ4n) is 1.99. The van der Waals surface area contributed by atoms with Crippen molar-refractivity contribution in [3.8, 4) is 0 Å². The minimum absolute atomic E-state index is 0.104. The summed E-state index contributed by atoms with van der Waals surface area (Å²) in [6.45, 7) is 4.49. The molecule has 0 saturated carbocycles. The third-order valence-corrected chi connectivity index (χ3v) is 3.73. The maximum atomic E-state index is 12.5. The smallest absolute Gasteiger partial charge is 0.256 e. The fourth-order valence-corrected chi connectivity index (χ4v) is 2.53. The van der Waals surface area contributed by atoms with Crippen LogP contribution in [0.3, 0.4) is 0 Å². The predicted molar refractivity (Wildman–Crippen MR) is 84.7 cm³/mol. The van der Waals surface area contributed by atoms with E-state index in [1.165, 1.54) is 11.8 Å². The highest BCUT2D eigenvalue weighted by Gasteiger charge is 2.18. The first-order chi connectivity index (χ1) is 10.5. The monoisotopic (exact) mass is 320 g/mol. The number of nitrogens with zero attached hydrogens (tertiary/aromatic N) is 4. The number of carbonyl (C=O) groups is 1. The lowest BCUT2D eigenvalue weighted by Crippen LogP contribution is -2.27. The van der Waals surface area contributed by atoms with Gasteiger partial charge in [0.2, 0.25) is 5.89 Å². The number of rotatable bonds is 6. The standard InChI is InChI=1S/C15H20N4O2S/c1-10(2)8-13-17-12(18-21-13)9-19(3)15(20)11-6-5-7-16-14(11)22-4/h5-7,10H,8-9H2,1-4H3. The maximum absolute atomic E-state index is 12.5. The van der Waals surface area contributed by atoms with Gasteiger partial charge >= 0.3 is 0 Å². The molecule has 0 fully saturated rings. The van der Waals surface area contributed by atoms with Gasteiger partial charge in [-0.3, -0.25) is 4.79 Å². The van der Waals surface area contributed by atoms with Crippen molar-refractivity contribution in [3.05, 3.63) is 35.6 Å².